The van der Waals surface area contributed by atoms with Gasteiger partial charge in [-0.05, 0) is 93.6 Å². The highest BCUT2D eigenvalue weighted by Crippen LogP contribution is 2.58. The van der Waals surface area contributed by atoms with Crippen molar-refractivity contribution >= 4 is 22.8 Å². The lowest BCUT2D eigenvalue weighted by Crippen LogP contribution is -2.70. The first-order valence-corrected chi connectivity index (χ1v) is 17.6. The largest absolute Gasteiger partial charge is 0.490 e. The molecule has 0 spiro atoms. The molecule has 6 fully saturated rings. The minimum Gasteiger partial charge on any atom is -0.490 e. The summed E-state index contributed by atoms with van der Waals surface area (Å²) < 4.78 is 79.0. The summed E-state index contributed by atoms with van der Waals surface area (Å²) in [6.45, 7) is 1.60. The van der Waals surface area contributed by atoms with Gasteiger partial charge < -0.3 is 19.7 Å². The molecule has 1 amide bonds. The molecule has 0 atom stereocenters. The van der Waals surface area contributed by atoms with Crippen LogP contribution in [0.2, 0.25) is 0 Å². The van der Waals surface area contributed by atoms with E-state index in [2.05, 4.69) is 15.3 Å². The van der Waals surface area contributed by atoms with Gasteiger partial charge in [0.05, 0.1) is 17.6 Å². The van der Waals surface area contributed by atoms with E-state index in [1.54, 1.807) is 23.2 Å². The number of aliphatic carboxylic acids is 1. The number of nitrogens with zero attached hydrogens (tertiary/aromatic N) is 4. The molecule has 5 saturated carbocycles. The van der Waals surface area contributed by atoms with Crippen LogP contribution in [-0.4, -0.2) is 73.6 Å². The molecule has 14 heteroatoms. The number of nitrogens with one attached hydrogen (secondary N) is 1. The van der Waals surface area contributed by atoms with Crippen molar-refractivity contribution in [3.8, 4) is 17.1 Å². The van der Waals surface area contributed by atoms with E-state index in [-0.39, 0.29) is 36.4 Å². The van der Waals surface area contributed by atoms with Gasteiger partial charge in [-0.3, -0.25) is 9.69 Å². The fourth-order valence-corrected chi connectivity index (χ4v) is 9.59. The molecular formula is C36H40F5N5O4. The number of halogens is 5. The van der Waals surface area contributed by atoms with Crippen molar-refractivity contribution < 1.29 is 41.4 Å². The summed E-state index contributed by atoms with van der Waals surface area (Å²) in [7, 11) is 0. The molecule has 1 saturated heterocycles. The average Bonchev–Trinajstić information content (AvgIpc) is 3.82. The summed E-state index contributed by atoms with van der Waals surface area (Å²) >= 11 is 0. The third-order valence-electron chi connectivity index (χ3n) is 11.7. The quantitative estimate of drug-likeness (QED) is 0.232. The van der Waals surface area contributed by atoms with E-state index in [0.717, 1.165) is 37.9 Å². The number of alkyl halides is 5. The molecule has 0 unspecified atom stereocenters. The number of amides is 1. The van der Waals surface area contributed by atoms with Crippen LogP contribution in [0.15, 0.2) is 30.6 Å². The summed E-state index contributed by atoms with van der Waals surface area (Å²) in [5.74, 6) is -4.62. The first kappa shape index (κ1) is 33.3. The molecule has 9 nitrogen and oxygen atoms in total. The average molecular weight is 702 g/mol. The Morgan fingerprint density at radius 2 is 1.66 bits per heavy atom. The van der Waals surface area contributed by atoms with Gasteiger partial charge in [-0.25, -0.2) is 23.5 Å². The third-order valence-corrected chi connectivity index (χ3v) is 11.7. The lowest BCUT2D eigenvalue weighted by Gasteiger charge is -2.59. The zero-order chi connectivity index (χ0) is 35.2. The Hall–Kier alpha value is -3.81. The molecule has 3 aromatic rings. The number of likely N-dealkylation sites (tertiary alicyclic amines) is 1. The summed E-state index contributed by atoms with van der Waals surface area (Å²) in [5, 5.41) is 13.6. The number of carboxylic acid groups (broad SMARTS) is 1. The highest BCUT2D eigenvalue weighted by Gasteiger charge is 2.62. The molecule has 5 aliphatic carbocycles. The zero-order valence-electron chi connectivity index (χ0n) is 27.7. The SMILES string of the molecule is CC(F)(F)CN1CCC(Oc2ccc3c(-c4ncc(C(=O)NC5(C(=O)O)C6CC7CC(C6)CC5C7)c(C(F)(F)F)n4)cn(C4CC4)c3c2)CC1. The fourth-order valence-electron chi connectivity index (χ4n) is 9.59. The smallest absolute Gasteiger partial charge is 0.434 e. The molecule has 6 aliphatic rings. The number of hydrogen-bond donors (Lipinski definition) is 2. The molecule has 50 heavy (non-hydrogen) atoms. The molecule has 1 aromatic carbocycles. The van der Waals surface area contributed by atoms with Crippen molar-refractivity contribution in [2.75, 3.05) is 19.6 Å². The predicted molar refractivity (Wildman–Crippen MR) is 172 cm³/mol. The van der Waals surface area contributed by atoms with Crippen molar-refractivity contribution in [3.63, 3.8) is 0 Å². The van der Waals surface area contributed by atoms with Gasteiger partial charge in [0.1, 0.15) is 17.4 Å². The first-order chi connectivity index (χ1) is 23.7. The number of carbonyl (C=O) groups is 2. The van der Waals surface area contributed by atoms with Gasteiger partial charge in [-0.2, -0.15) is 13.2 Å². The van der Waals surface area contributed by atoms with Crippen molar-refractivity contribution in [1.29, 1.82) is 0 Å². The van der Waals surface area contributed by atoms with Crippen LogP contribution in [-0.2, 0) is 11.0 Å². The van der Waals surface area contributed by atoms with Gasteiger partial charge in [0.25, 0.3) is 11.8 Å². The first-order valence-electron chi connectivity index (χ1n) is 17.6. The molecule has 3 heterocycles. The van der Waals surface area contributed by atoms with E-state index >= 15 is 0 Å². The normalized spacial score (nSPS) is 28.7. The second-order valence-corrected chi connectivity index (χ2v) is 15.4. The molecule has 1 aliphatic heterocycles. The van der Waals surface area contributed by atoms with Gasteiger partial charge in [-0.15, -0.1) is 0 Å². The lowest BCUT2D eigenvalue weighted by molar-refractivity contribution is -0.163. The summed E-state index contributed by atoms with van der Waals surface area (Å²) in [6.07, 6.45) is 4.00. The van der Waals surface area contributed by atoms with E-state index < -0.39 is 40.8 Å². The number of benzene rings is 1. The third kappa shape index (κ3) is 6.00. The minimum atomic E-state index is -5.01. The van der Waals surface area contributed by atoms with Gasteiger partial charge in [0.15, 0.2) is 11.5 Å². The molecule has 4 bridgehead atoms. The van der Waals surface area contributed by atoms with E-state index in [9.17, 15) is 36.6 Å². The molecule has 2 N–H and O–H groups in total. The van der Waals surface area contributed by atoms with Crippen LogP contribution >= 0.6 is 0 Å². The fraction of sp³-hybridized carbons (Fsp3) is 0.611. The Morgan fingerprint density at radius 3 is 2.24 bits per heavy atom. The molecule has 9 rings (SSSR count). The second-order valence-electron chi connectivity index (χ2n) is 15.4. The van der Waals surface area contributed by atoms with Crippen LogP contribution in [0.3, 0.4) is 0 Å². The van der Waals surface area contributed by atoms with Crippen molar-refractivity contribution in [2.24, 2.45) is 23.7 Å². The maximum atomic E-state index is 14.6. The monoisotopic (exact) mass is 701 g/mol. The van der Waals surface area contributed by atoms with Crippen molar-refractivity contribution in [3.05, 3.63) is 41.9 Å². The van der Waals surface area contributed by atoms with E-state index in [4.69, 9.17) is 4.74 Å². The highest BCUT2D eigenvalue weighted by molar-refractivity contribution is 6.00. The number of carboxylic acids is 1. The van der Waals surface area contributed by atoms with Crippen LogP contribution < -0.4 is 10.1 Å². The van der Waals surface area contributed by atoms with Crippen molar-refractivity contribution in [2.45, 2.75) is 94.5 Å². The number of piperidine rings is 1. The van der Waals surface area contributed by atoms with Crippen molar-refractivity contribution in [1.82, 2.24) is 24.8 Å². The Kier molecular flexibility index (Phi) is 7.92. The van der Waals surface area contributed by atoms with Gasteiger partial charge in [0, 0.05) is 55.5 Å². The van der Waals surface area contributed by atoms with Gasteiger partial charge in [0.2, 0.25) is 0 Å². The Labute approximate surface area is 285 Å². The number of aromatic nitrogens is 3. The zero-order valence-corrected chi connectivity index (χ0v) is 27.7. The number of rotatable bonds is 9. The minimum absolute atomic E-state index is 0.153. The molecule has 268 valence electrons. The Bertz CT molecular complexity index is 1800. The Morgan fingerprint density at radius 1 is 1.00 bits per heavy atom. The van der Waals surface area contributed by atoms with Gasteiger partial charge in [-0.1, -0.05) is 0 Å². The second kappa shape index (κ2) is 11.9. The van der Waals surface area contributed by atoms with Crippen LogP contribution in [0.5, 0.6) is 5.75 Å². The van der Waals surface area contributed by atoms with E-state index in [0.29, 0.717) is 80.1 Å². The maximum Gasteiger partial charge on any atom is 0.434 e. The topological polar surface area (TPSA) is 110 Å². The standard InChI is InChI=1S/C36H40F5N5O4/c1-34(37,38)18-45-8-6-24(7-9-45)50-25-4-5-26-28(17-46(23-2-3-23)29(26)15-25)31-42-16-27(30(43-31)36(39,40)41)32(47)44-35(33(48)49)21-11-19-10-20(13-21)14-22(35)12-19/h4-5,15-17,19-24H,2-3,6-14,18H2,1H3,(H,44,47)(H,48,49). The maximum absolute atomic E-state index is 14.6. The lowest BCUT2D eigenvalue weighted by atomic mass is 9.48. The predicted octanol–water partition coefficient (Wildman–Crippen LogP) is 6.96. The van der Waals surface area contributed by atoms with E-state index in [1.165, 1.54) is 0 Å². The van der Waals surface area contributed by atoms with Crippen LogP contribution in [0.25, 0.3) is 22.3 Å². The molecule has 2 aromatic heterocycles. The number of hydrogen-bond acceptors (Lipinski definition) is 6. The van der Waals surface area contributed by atoms with Gasteiger partial charge >= 0.3 is 12.1 Å². The summed E-state index contributed by atoms with van der Waals surface area (Å²) in [5.41, 5.74) is -2.72. The number of ether oxygens (including phenoxy) is 1. The van der Waals surface area contributed by atoms with Crippen LogP contribution in [0.1, 0.15) is 86.8 Å². The molecular weight excluding hydrogens is 661 g/mol. The summed E-state index contributed by atoms with van der Waals surface area (Å²) in [4.78, 5) is 36.3. The molecule has 0 radical (unpaired) electrons. The highest BCUT2D eigenvalue weighted by atomic mass is 19.4. The summed E-state index contributed by atoms with van der Waals surface area (Å²) in [6, 6.07) is 5.48. The number of carbonyl (C=O) groups excluding carboxylic acids is 1. The van der Waals surface area contributed by atoms with Crippen LogP contribution in [0, 0.1) is 23.7 Å². The van der Waals surface area contributed by atoms with E-state index in [1.807, 2.05) is 10.6 Å². The van der Waals surface area contributed by atoms with Crippen LogP contribution in [0.4, 0.5) is 22.0 Å². The Balaban J connectivity index is 1.07. The number of fused-ring (bicyclic) bond motifs is 1.